The summed E-state index contributed by atoms with van der Waals surface area (Å²) in [6.45, 7) is 1.61. The molecule has 0 heterocycles. The minimum Gasteiger partial charge on any atom is -0.355 e. The summed E-state index contributed by atoms with van der Waals surface area (Å²) in [5.74, 6) is -3.07. The van der Waals surface area contributed by atoms with Gasteiger partial charge in [-0.3, -0.25) is 19.2 Å². The van der Waals surface area contributed by atoms with Gasteiger partial charge in [0.15, 0.2) is 5.78 Å². The minimum atomic E-state index is -0.893. The van der Waals surface area contributed by atoms with Crippen molar-refractivity contribution >= 4 is 23.4 Å². The van der Waals surface area contributed by atoms with Gasteiger partial charge in [0, 0.05) is 25.6 Å². The molecule has 0 spiro atoms. The number of carbonyl (C=O) groups is 4. The average molecular weight is 294 g/mol. The van der Waals surface area contributed by atoms with Gasteiger partial charge in [0.2, 0.25) is 11.7 Å². The molecule has 0 unspecified atom stereocenters. The Morgan fingerprint density at radius 2 is 1.57 bits per heavy atom. The highest BCUT2D eigenvalue weighted by atomic mass is 19.1. The van der Waals surface area contributed by atoms with Crippen molar-refractivity contribution in [3.8, 4) is 0 Å². The molecule has 0 atom stereocenters. The molecule has 0 aromatic heterocycles. The van der Waals surface area contributed by atoms with E-state index in [0.717, 1.165) is 12.1 Å². The van der Waals surface area contributed by atoms with E-state index in [2.05, 4.69) is 10.6 Å². The standard InChI is InChI=1S/C14H15FN2O4/c1-9(18)16-6-7-17-14(21)13(20)8-12(19)10-2-4-11(15)5-3-10/h2-5H,6-8H2,1H3,(H,16,18)(H,17,21). The molecule has 1 aromatic rings. The Hall–Kier alpha value is -2.57. The summed E-state index contributed by atoms with van der Waals surface area (Å²) in [5.41, 5.74) is 0.163. The number of rotatable bonds is 7. The van der Waals surface area contributed by atoms with Crippen LogP contribution in [0, 0.1) is 5.82 Å². The Kier molecular flexibility index (Phi) is 6.19. The SMILES string of the molecule is CC(=O)NCCNC(=O)C(=O)CC(=O)c1ccc(F)cc1. The summed E-state index contributed by atoms with van der Waals surface area (Å²) in [7, 11) is 0. The van der Waals surface area contributed by atoms with Crippen molar-refractivity contribution < 1.29 is 23.6 Å². The lowest BCUT2D eigenvalue weighted by Gasteiger charge is -2.05. The van der Waals surface area contributed by atoms with E-state index < -0.39 is 29.7 Å². The number of hydrogen-bond acceptors (Lipinski definition) is 4. The van der Waals surface area contributed by atoms with Crippen LogP contribution in [-0.2, 0) is 14.4 Å². The van der Waals surface area contributed by atoms with Crippen LogP contribution in [0.4, 0.5) is 4.39 Å². The lowest BCUT2D eigenvalue weighted by Crippen LogP contribution is -2.37. The molecular formula is C14H15FN2O4. The highest BCUT2D eigenvalue weighted by Crippen LogP contribution is 2.06. The summed E-state index contributed by atoms with van der Waals surface area (Å²) in [5, 5.41) is 4.73. The molecule has 21 heavy (non-hydrogen) atoms. The average Bonchev–Trinajstić information content (AvgIpc) is 2.43. The van der Waals surface area contributed by atoms with Crippen LogP contribution < -0.4 is 10.6 Å². The molecule has 0 radical (unpaired) electrons. The van der Waals surface area contributed by atoms with Crippen LogP contribution in [0.5, 0.6) is 0 Å². The summed E-state index contributed by atoms with van der Waals surface area (Å²) < 4.78 is 12.7. The van der Waals surface area contributed by atoms with Gasteiger partial charge in [-0.05, 0) is 24.3 Å². The number of amides is 2. The van der Waals surface area contributed by atoms with Crippen molar-refractivity contribution in [2.45, 2.75) is 13.3 Å². The summed E-state index contributed by atoms with van der Waals surface area (Å²) in [4.78, 5) is 45.2. The molecule has 2 N–H and O–H groups in total. The first-order valence-electron chi connectivity index (χ1n) is 6.24. The molecule has 1 rings (SSSR count). The molecule has 2 amide bonds. The van der Waals surface area contributed by atoms with Gasteiger partial charge < -0.3 is 10.6 Å². The maximum absolute atomic E-state index is 12.7. The Morgan fingerprint density at radius 1 is 1.00 bits per heavy atom. The first kappa shape index (κ1) is 16.5. The van der Waals surface area contributed by atoms with Gasteiger partial charge in [-0.2, -0.15) is 0 Å². The number of nitrogens with one attached hydrogen (secondary N) is 2. The molecule has 112 valence electrons. The maximum Gasteiger partial charge on any atom is 0.287 e. The van der Waals surface area contributed by atoms with Crippen LogP contribution in [0.15, 0.2) is 24.3 Å². The van der Waals surface area contributed by atoms with Crippen LogP contribution >= 0.6 is 0 Å². The van der Waals surface area contributed by atoms with Crippen LogP contribution in [0.1, 0.15) is 23.7 Å². The van der Waals surface area contributed by atoms with Crippen molar-refractivity contribution in [1.82, 2.24) is 10.6 Å². The number of carbonyl (C=O) groups excluding carboxylic acids is 4. The first-order valence-corrected chi connectivity index (χ1v) is 6.24. The Morgan fingerprint density at radius 3 is 2.14 bits per heavy atom. The smallest absolute Gasteiger partial charge is 0.287 e. The fourth-order valence-electron chi connectivity index (χ4n) is 1.48. The minimum absolute atomic E-state index is 0.0922. The van der Waals surface area contributed by atoms with E-state index in [1.807, 2.05) is 0 Å². The summed E-state index contributed by atoms with van der Waals surface area (Å²) in [6, 6.07) is 4.70. The van der Waals surface area contributed by atoms with E-state index in [1.165, 1.54) is 19.1 Å². The third kappa shape index (κ3) is 5.94. The lowest BCUT2D eigenvalue weighted by atomic mass is 10.1. The van der Waals surface area contributed by atoms with Crippen LogP contribution in [0.3, 0.4) is 0 Å². The van der Waals surface area contributed by atoms with Crippen molar-refractivity contribution in [3.63, 3.8) is 0 Å². The Balaban J connectivity index is 2.41. The van der Waals surface area contributed by atoms with E-state index in [-0.39, 0.29) is 24.6 Å². The highest BCUT2D eigenvalue weighted by Gasteiger charge is 2.18. The van der Waals surface area contributed by atoms with E-state index in [9.17, 15) is 23.6 Å². The zero-order valence-corrected chi connectivity index (χ0v) is 11.4. The molecule has 0 aliphatic carbocycles. The number of halogens is 1. The number of ketones is 2. The third-order valence-electron chi connectivity index (χ3n) is 2.53. The second kappa shape index (κ2) is 7.88. The van der Waals surface area contributed by atoms with Gasteiger partial charge in [-0.1, -0.05) is 0 Å². The van der Waals surface area contributed by atoms with E-state index in [4.69, 9.17) is 0 Å². The first-order chi connectivity index (χ1) is 9.90. The highest BCUT2D eigenvalue weighted by molar-refractivity contribution is 6.40. The number of hydrogen-bond donors (Lipinski definition) is 2. The number of Topliss-reactive ketones (excluding diaryl/α,β-unsaturated/α-hetero) is 2. The molecule has 0 saturated heterocycles. The van der Waals surface area contributed by atoms with Crippen LogP contribution in [0.25, 0.3) is 0 Å². The predicted molar refractivity (Wildman–Crippen MR) is 72.0 cm³/mol. The lowest BCUT2D eigenvalue weighted by molar-refractivity contribution is -0.137. The van der Waals surface area contributed by atoms with Crippen molar-refractivity contribution in [1.29, 1.82) is 0 Å². The Bertz CT molecular complexity index is 555. The molecule has 0 saturated carbocycles. The molecule has 0 fully saturated rings. The molecular weight excluding hydrogens is 279 g/mol. The fourth-order valence-corrected chi connectivity index (χ4v) is 1.48. The van der Waals surface area contributed by atoms with Gasteiger partial charge >= 0.3 is 0 Å². The van der Waals surface area contributed by atoms with Gasteiger partial charge in [-0.25, -0.2) is 4.39 Å². The summed E-state index contributed by atoms with van der Waals surface area (Å²) >= 11 is 0. The molecule has 1 aromatic carbocycles. The zero-order valence-electron chi connectivity index (χ0n) is 11.4. The van der Waals surface area contributed by atoms with E-state index in [0.29, 0.717) is 0 Å². The van der Waals surface area contributed by atoms with Gasteiger partial charge in [0.25, 0.3) is 5.91 Å². The van der Waals surface area contributed by atoms with Crippen LogP contribution in [-0.4, -0.2) is 36.5 Å². The largest absolute Gasteiger partial charge is 0.355 e. The fraction of sp³-hybridized carbons (Fsp3) is 0.286. The maximum atomic E-state index is 12.7. The molecule has 0 aliphatic heterocycles. The van der Waals surface area contributed by atoms with Crippen LogP contribution in [0.2, 0.25) is 0 Å². The van der Waals surface area contributed by atoms with Crippen molar-refractivity contribution in [2.75, 3.05) is 13.1 Å². The monoisotopic (exact) mass is 294 g/mol. The topological polar surface area (TPSA) is 92.3 Å². The third-order valence-corrected chi connectivity index (χ3v) is 2.53. The summed E-state index contributed by atoms with van der Waals surface area (Å²) in [6.07, 6.45) is -0.586. The zero-order chi connectivity index (χ0) is 15.8. The molecule has 6 nitrogen and oxygen atoms in total. The quantitative estimate of drug-likeness (QED) is 0.326. The van der Waals surface area contributed by atoms with Gasteiger partial charge in [-0.15, -0.1) is 0 Å². The van der Waals surface area contributed by atoms with E-state index >= 15 is 0 Å². The van der Waals surface area contributed by atoms with Gasteiger partial charge in [0.1, 0.15) is 5.82 Å². The molecule has 0 bridgehead atoms. The normalized spacial score (nSPS) is 9.81. The second-order valence-electron chi connectivity index (χ2n) is 4.27. The molecule has 0 aliphatic rings. The number of benzene rings is 1. The van der Waals surface area contributed by atoms with Crippen molar-refractivity contribution in [2.24, 2.45) is 0 Å². The van der Waals surface area contributed by atoms with E-state index in [1.54, 1.807) is 0 Å². The second-order valence-corrected chi connectivity index (χ2v) is 4.27. The predicted octanol–water partition coefficient (Wildman–Crippen LogP) is 0.220. The Labute approximate surface area is 120 Å². The molecule has 7 heteroatoms. The van der Waals surface area contributed by atoms with Crippen molar-refractivity contribution in [3.05, 3.63) is 35.6 Å². The van der Waals surface area contributed by atoms with Gasteiger partial charge in [0.05, 0.1) is 6.42 Å².